The van der Waals surface area contributed by atoms with E-state index in [1.54, 1.807) is 6.07 Å². The standard InChI is InChI=1S/C12H17F2N/c1-3-6-12(2,15)8-9-4-5-10(13)11(14)7-9/h4-5,7H,3,6,8,15H2,1-2H3. The van der Waals surface area contributed by atoms with E-state index in [1.165, 1.54) is 6.07 Å². The van der Waals surface area contributed by atoms with E-state index < -0.39 is 11.6 Å². The Morgan fingerprint density at radius 1 is 1.27 bits per heavy atom. The quantitative estimate of drug-likeness (QED) is 0.817. The van der Waals surface area contributed by atoms with Crippen LogP contribution in [0.3, 0.4) is 0 Å². The lowest BCUT2D eigenvalue weighted by Gasteiger charge is -2.24. The topological polar surface area (TPSA) is 26.0 Å². The van der Waals surface area contributed by atoms with Crippen LogP contribution < -0.4 is 5.73 Å². The van der Waals surface area contributed by atoms with Crippen LogP contribution in [0.25, 0.3) is 0 Å². The van der Waals surface area contributed by atoms with Crippen LogP contribution in [0, 0.1) is 11.6 Å². The molecule has 1 aromatic rings. The van der Waals surface area contributed by atoms with Gasteiger partial charge in [-0.3, -0.25) is 0 Å². The fourth-order valence-electron chi connectivity index (χ4n) is 1.78. The second-order valence-corrected chi connectivity index (χ2v) is 4.33. The minimum atomic E-state index is -0.812. The Morgan fingerprint density at radius 2 is 1.93 bits per heavy atom. The summed E-state index contributed by atoms with van der Waals surface area (Å²) < 4.78 is 25.6. The molecule has 0 bridgehead atoms. The molecule has 15 heavy (non-hydrogen) atoms. The smallest absolute Gasteiger partial charge is 0.159 e. The van der Waals surface area contributed by atoms with Crippen molar-refractivity contribution in [1.29, 1.82) is 0 Å². The summed E-state index contributed by atoms with van der Waals surface area (Å²) in [4.78, 5) is 0. The minimum absolute atomic E-state index is 0.348. The van der Waals surface area contributed by atoms with Crippen LogP contribution in [0.2, 0.25) is 0 Å². The van der Waals surface area contributed by atoms with Gasteiger partial charge >= 0.3 is 0 Å². The maximum Gasteiger partial charge on any atom is 0.159 e. The monoisotopic (exact) mass is 213 g/mol. The Labute approximate surface area is 89.3 Å². The van der Waals surface area contributed by atoms with Gasteiger partial charge in [-0.05, 0) is 37.5 Å². The molecule has 84 valence electrons. The first-order chi connectivity index (χ1) is 6.94. The van der Waals surface area contributed by atoms with E-state index in [-0.39, 0.29) is 5.54 Å². The van der Waals surface area contributed by atoms with Gasteiger partial charge in [0.25, 0.3) is 0 Å². The molecular weight excluding hydrogens is 196 g/mol. The average Bonchev–Trinajstić information content (AvgIpc) is 2.10. The second kappa shape index (κ2) is 4.71. The van der Waals surface area contributed by atoms with Crippen LogP contribution in [-0.2, 0) is 6.42 Å². The predicted molar refractivity (Wildman–Crippen MR) is 57.6 cm³/mol. The minimum Gasteiger partial charge on any atom is -0.325 e. The molecule has 0 heterocycles. The lowest BCUT2D eigenvalue weighted by atomic mass is 9.89. The lowest BCUT2D eigenvalue weighted by molar-refractivity contribution is 0.422. The number of rotatable bonds is 4. The van der Waals surface area contributed by atoms with Crippen molar-refractivity contribution < 1.29 is 8.78 Å². The molecule has 0 fully saturated rings. The van der Waals surface area contributed by atoms with E-state index in [1.807, 2.05) is 6.92 Å². The SMILES string of the molecule is CCCC(C)(N)Cc1ccc(F)c(F)c1. The lowest BCUT2D eigenvalue weighted by Crippen LogP contribution is -2.38. The highest BCUT2D eigenvalue weighted by atomic mass is 19.2. The van der Waals surface area contributed by atoms with Crippen LogP contribution in [0.15, 0.2) is 18.2 Å². The molecule has 0 aromatic heterocycles. The highest BCUT2D eigenvalue weighted by Crippen LogP contribution is 2.17. The van der Waals surface area contributed by atoms with Crippen molar-refractivity contribution in [3.05, 3.63) is 35.4 Å². The summed E-state index contributed by atoms with van der Waals surface area (Å²) >= 11 is 0. The number of halogens is 2. The number of nitrogens with two attached hydrogens (primary N) is 1. The Kier molecular flexibility index (Phi) is 3.80. The Balaban J connectivity index is 2.76. The van der Waals surface area contributed by atoms with Crippen molar-refractivity contribution in [2.45, 2.75) is 38.6 Å². The van der Waals surface area contributed by atoms with Gasteiger partial charge in [0.1, 0.15) is 0 Å². The second-order valence-electron chi connectivity index (χ2n) is 4.33. The van der Waals surface area contributed by atoms with Crippen molar-refractivity contribution >= 4 is 0 Å². The highest BCUT2D eigenvalue weighted by molar-refractivity contribution is 5.19. The third kappa shape index (κ3) is 3.59. The zero-order valence-electron chi connectivity index (χ0n) is 9.19. The first-order valence-electron chi connectivity index (χ1n) is 5.17. The van der Waals surface area contributed by atoms with Crippen LogP contribution >= 0.6 is 0 Å². The zero-order valence-corrected chi connectivity index (χ0v) is 9.19. The first kappa shape index (κ1) is 12.1. The third-order valence-electron chi connectivity index (χ3n) is 2.41. The Hall–Kier alpha value is -0.960. The van der Waals surface area contributed by atoms with E-state index in [4.69, 9.17) is 5.73 Å². The molecule has 0 amide bonds. The molecule has 0 saturated carbocycles. The van der Waals surface area contributed by atoms with Gasteiger partial charge < -0.3 is 5.73 Å². The van der Waals surface area contributed by atoms with Gasteiger partial charge in [-0.25, -0.2) is 8.78 Å². The molecular formula is C12H17F2N. The van der Waals surface area contributed by atoms with Crippen molar-refractivity contribution in [1.82, 2.24) is 0 Å². The average molecular weight is 213 g/mol. The van der Waals surface area contributed by atoms with Gasteiger partial charge in [0.05, 0.1) is 0 Å². The molecule has 0 aliphatic carbocycles. The summed E-state index contributed by atoms with van der Waals surface area (Å²) in [6, 6.07) is 3.95. The predicted octanol–water partition coefficient (Wildman–Crippen LogP) is 3.02. The molecule has 1 atom stereocenters. The molecule has 1 unspecified atom stereocenters. The molecule has 0 saturated heterocycles. The highest BCUT2D eigenvalue weighted by Gasteiger charge is 2.18. The van der Waals surface area contributed by atoms with E-state index in [0.717, 1.165) is 24.5 Å². The summed E-state index contributed by atoms with van der Waals surface area (Å²) in [6.07, 6.45) is 2.42. The zero-order chi connectivity index (χ0) is 11.5. The van der Waals surface area contributed by atoms with Crippen LogP contribution in [0.5, 0.6) is 0 Å². The fourth-order valence-corrected chi connectivity index (χ4v) is 1.78. The molecule has 0 spiro atoms. The summed E-state index contributed by atoms with van der Waals surface area (Å²) in [5.41, 5.74) is 6.43. The molecule has 3 heteroatoms. The summed E-state index contributed by atoms with van der Waals surface area (Å²) in [7, 11) is 0. The van der Waals surface area contributed by atoms with Gasteiger partial charge in [-0.1, -0.05) is 19.4 Å². The van der Waals surface area contributed by atoms with Gasteiger partial charge in [0.15, 0.2) is 11.6 Å². The van der Waals surface area contributed by atoms with E-state index >= 15 is 0 Å². The normalized spacial score (nSPS) is 15.0. The molecule has 1 aromatic carbocycles. The number of benzene rings is 1. The largest absolute Gasteiger partial charge is 0.325 e. The maximum absolute atomic E-state index is 12.9. The first-order valence-corrected chi connectivity index (χ1v) is 5.17. The van der Waals surface area contributed by atoms with Gasteiger partial charge in [-0.2, -0.15) is 0 Å². The molecule has 0 aliphatic rings. The van der Waals surface area contributed by atoms with Gasteiger partial charge in [0, 0.05) is 5.54 Å². The van der Waals surface area contributed by atoms with E-state index in [0.29, 0.717) is 6.42 Å². The maximum atomic E-state index is 12.9. The molecule has 0 aliphatic heterocycles. The van der Waals surface area contributed by atoms with Gasteiger partial charge in [-0.15, -0.1) is 0 Å². The van der Waals surface area contributed by atoms with Crippen LogP contribution in [-0.4, -0.2) is 5.54 Å². The van der Waals surface area contributed by atoms with Crippen LogP contribution in [0.1, 0.15) is 32.3 Å². The van der Waals surface area contributed by atoms with Crippen molar-refractivity contribution in [3.63, 3.8) is 0 Å². The Morgan fingerprint density at radius 3 is 2.47 bits per heavy atom. The van der Waals surface area contributed by atoms with E-state index in [9.17, 15) is 8.78 Å². The van der Waals surface area contributed by atoms with Crippen LogP contribution in [0.4, 0.5) is 8.78 Å². The fraction of sp³-hybridized carbons (Fsp3) is 0.500. The summed E-state index contributed by atoms with van der Waals surface area (Å²) in [5.74, 6) is -1.62. The molecule has 0 radical (unpaired) electrons. The summed E-state index contributed by atoms with van der Waals surface area (Å²) in [6.45, 7) is 3.98. The molecule has 2 N–H and O–H groups in total. The third-order valence-corrected chi connectivity index (χ3v) is 2.41. The van der Waals surface area contributed by atoms with Crippen molar-refractivity contribution in [3.8, 4) is 0 Å². The van der Waals surface area contributed by atoms with Crippen molar-refractivity contribution in [2.75, 3.05) is 0 Å². The molecule has 1 rings (SSSR count). The number of hydrogen-bond acceptors (Lipinski definition) is 1. The number of hydrogen-bond donors (Lipinski definition) is 1. The van der Waals surface area contributed by atoms with Crippen molar-refractivity contribution in [2.24, 2.45) is 5.73 Å². The molecule has 1 nitrogen and oxygen atoms in total. The van der Waals surface area contributed by atoms with Gasteiger partial charge in [0.2, 0.25) is 0 Å². The van der Waals surface area contributed by atoms with E-state index in [2.05, 4.69) is 6.92 Å². The Bertz CT molecular complexity index is 334. The summed E-state index contributed by atoms with van der Waals surface area (Å²) in [5, 5.41) is 0.